The smallest absolute Gasteiger partial charge is 0.0423 e. The summed E-state index contributed by atoms with van der Waals surface area (Å²) >= 11 is 5.96. The highest BCUT2D eigenvalue weighted by molar-refractivity contribution is 6.30. The molecule has 3 aromatic rings. The Morgan fingerprint density at radius 1 is 1.12 bits per heavy atom. The molecule has 0 radical (unpaired) electrons. The summed E-state index contributed by atoms with van der Waals surface area (Å²) in [6.45, 7) is 3.16. The van der Waals surface area contributed by atoms with Gasteiger partial charge in [-0.3, -0.25) is 9.88 Å². The lowest BCUT2D eigenvalue weighted by molar-refractivity contribution is 0.328. The van der Waals surface area contributed by atoms with Crippen molar-refractivity contribution in [2.24, 2.45) is 0 Å². The number of fused-ring (bicyclic) bond motifs is 1. The van der Waals surface area contributed by atoms with Crippen molar-refractivity contribution in [3.05, 3.63) is 71.5 Å². The highest BCUT2D eigenvalue weighted by atomic mass is 35.5. The van der Waals surface area contributed by atoms with Gasteiger partial charge in [0.15, 0.2) is 0 Å². The molecule has 4 heteroatoms. The van der Waals surface area contributed by atoms with Crippen molar-refractivity contribution < 1.29 is 0 Å². The Labute approximate surface area is 147 Å². The van der Waals surface area contributed by atoms with E-state index in [0.717, 1.165) is 31.1 Å². The van der Waals surface area contributed by atoms with E-state index in [4.69, 9.17) is 11.6 Å². The number of likely N-dealkylation sites (tertiary alicyclic amines) is 1. The van der Waals surface area contributed by atoms with E-state index in [0.29, 0.717) is 6.04 Å². The summed E-state index contributed by atoms with van der Waals surface area (Å²) in [5.41, 5.74) is 2.52. The predicted molar refractivity (Wildman–Crippen MR) is 100 cm³/mol. The zero-order valence-electron chi connectivity index (χ0n) is 13.5. The fourth-order valence-corrected chi connectivity index (χ4v) is 3.54. The lowest BCUT2D eigenvalue weighted by Crippen LogP contribution is -2.26. The third-order valence-corrected chi connectivity index (χ3v) is 4.88. The minimum Gasteiger partial charge on any atom is -0.380 e. The Kier molecular flexibility index (Phi) is 4.37. The van der Waals surface area contributed by atoms with Crippen molar-refractivity contribution in [1.29, 1.82) is 0 Å². The number of nitrogens with zero attached hydrogens (tertiary/aromatic N) is 2. The minimum atomic E-state index is 0.482. The molecule has 1 atom stereocenters. The second kappa shape index (κ2) is 6.80. The third kappa shape index (κ3) is 3.37. The van der Waals surface area contributed by atoms with Gasteiger partial charge in [0.2, 0.25) is 0 Å². The van der Waals surface area contributed by atoms with E-state index in [1.54, 1.807) is 0 Å². The van der Waals surface area contributed by atoms with E-state index in [1.165, 1.54) is 22.0 Å². The monoisotopic (exact) mass is 337 g/mol. The predicted octanol–water partition coefficient (Wildman–Crippen LogP) is 4.57. The summed E-state index contributed by atoms with van der Waals surface area (Å²) in [5.74, 6) is 0. The normalized spacial score (nSPS) is 18.1. The Balaban J connectivity index is 1.42. The van der Waals surface area contributed by atoms with E-state index in [-0.39, 0.29) is 0 Å². The topological polar surface area (TPSA) is 28.2 Å². The molecule has 1 aliphatic rings. The van der Waals surface area contributed by atoms with Gasteiger partial charge in [0.05, 0.1) is 0 Å². The van der Waals surface area contributed by atoms with Gasteiger partial charge >= 0.3 is 0 Å². The first kappa shape index (κ1) is 15.4. The molecule has 24 heavy (non-hydrogen) atoms. The summed E-state index contributed by atoms with van der Waals surface area (Å²) < 4.78 is 0. The molecular weight excluding hydrogens is 318 g/mol. The van der Waals surface area contributed by atoms with E-state index < -0.39 is 0 Å². The Morgan fingerprint density at radius 2 is 2.00 bits per heavy atom. The highest BCUT2D eigenvalue weighted by Crippen LogP contribution is 2.25. The summed E-state index contributed by atoms with van der Waals surface area (Å²) in [7, 11) is 0. The minimum absolute atomic E-state index is 0.482. The Bertz CT molecular complexity index is 826. The Hall–Kier alpha value is -2.10. The van der Waals surface area contributed by atoms with Crippen molar-refractivity contribution in [3.8, 4) is 0 Å². The molecular formula is C20H20ClN3. The first-order chi connectivity index (χ1) is 11.8. The first-order valence-corrected chi connectivity index (χ1v) is 8.72. The fourth-order valence-electron chi connectivity index (χ4n) is 3.41. The van der Waals surface area contributed by atoms with Gasteiger partial charge in [-0.1, -0.05) is 35.9 Å². The fraction of sp³-hybridized carbons (Fsp3) is 0.250. The maximum absolute atomic E-state index is 5.96. The van der Waals surface area contributed by atoms with Crippen LogP contribution in [0.4, 0.5) is 5.69 Å². The largest absolute Gasteiger partial charge is 0.380 e. The van der Waals surface area contributed by atoms with Gasteiger partial charge in [-0.05, 0) is 36.2 Å². The summed E-state index contributed by atoms with van der Waals surface area (Å²) in [5, 5.41) is 6.93. The van der Waals surface area contributed by atoms with E-state index in [9.17, 15) is 0 Å². The van der Waals surface area contributed by atoms with Crippen LogP contribution >= 0.6 is 11.6 Å². The zero-order chi connectivity index (χ0) is 16.4. The molecule has 1 aromatic heterocycles. The molecule has 122 valence electrons. The molecule has 0 bridgehead atoms. The second-order valence-corrected chi connectivity index (χ2v) is 6.83. The molecule has 4 rings (SSSR count). The van der Waals surface area contributed by atoms with Crippen LogP contribution in [0.15, 0.2) is 60.9 Å². The number of anilines is 1. The molecule has 0 aliphatic carbocycles. The molecule has 1 unspecified atom stereocenters. The molecule has 2 aromatic carbocycles. The van der Waals surface area contributed by atoms with Gasteiger partial charge in [0, 0.05) is 59.6 Å². The highest BCUT2D eigenvalue weighted by Gasteiger charge is 2.22. The standard InChI is InChI=1S/C20H20ClN3/c21-17-6-4-15(5-7-17)13-24-11-9-18(14-24)23-20-3-1-2-16-12-22-10-8-19(16)20/h1-8,10,12,18,23H,9,11,13-14H2. The lowest BCUT2D eigenvalue weighted by atomic mass is 10.1. The number of hydrogen-bond donors (Lipinski definition) is 1. The van der Waals surface area contributed by atoms with E-state index in [1.807, 2.05) is 24.5 Å². The number of rotatable bonds is 4. The summed E-state index contributed by atoms with van der Waals surface area (Å²) in [4.78, 5) is 6.70. The Morgan fingerprint density at radius 3 is 2.88 bits per heavy atom. The molecule has 2 heterocycles. The zero-order valence-corrected chi connectivity index (χ0v) is 14.2. The SMILES string of the molecule is Clc1ccc(CN2CCC(Nc3cccc4cnccc34)C2)cc1. The van der Waals surface area contributed by atoms with Crippen molar-refractivity contribution in [2.45, 2.75) is 19.0 Å². The number of halogens is 1. The average Bonchev–Trinajstić information content (AvgIpc) is 3.04. The molecule has 1 saturated heterocycles. The van der Waals surface area contributed by atoms with E-state index in [2.05, 4.69) is 51.6 Å². The van der Waals surface area contributed by atoms with Crippen LogP contribution in [-0.2, 0) is 6.54 Å². The molecule has 1 aliphatic heterocycles. The van der Waals surface area contributed by atoms with Crippen LogP contribution in [0.25, 0.3) is 10.8 Å². The van der Waals surface area contributed by atoms with Crippen molar-refractivity contribution >= 4 is 28.1 Å². The third-order valence-electron chi connectivity index (χ3n) is 4.63. The molecule has 0 amide bonds. The van der Waals surface area contributed by atoms with Crippen LogP contribution in [0.1, 0.15) is 12.0 Å². The van der Waals surface area contributed by atoms with Gasteiger partial charge in [-0.25, -0.2) is 0 Å². The summed E-state index contributed by atoms with van der Waals surface area (Å²) in [6, 6.07) is 17.1. The second-order valence-electron chi connectivity index (χ2n) is 6.39. The van der Waals surface area contributed by atoms with Crippen molar-refractivity contribution in [2.75, 3.05) is 18.4 Å². The van der Waals surface area contributed by atoms with E-state index >= 15 is 0 Å². The van der Waals surface area contributed by atoms with Gasteiger partial charge in [-0.15, -0.1) is 0 Å². The maximum Gasteiger partial charge on any atom is 0.0423 e. The number of nitrogens with one attached hydrogen (secondary N) is 1. The molecule has 1 N–H and O–H groups in total. The van der Waals surface area contributed by atoms with Gasteiger partial charge in [0.1, 0.15) is 0 Å². The van der Waals surface area contributed by atoms with Gasteiger partial charge in [-0.2, -0.15) is 0 Å². The van der Waals surface area contributed by atoms with Crippen LogP contribution < -0.4 is 5.32 Å². The quantitative estimate of drug-likeness (QED) is 0.755. The number of hydrogen-bond acceptors (Lipinski definition) is 3. The number of aromatic nitrogens is 1. The van der Waals surface area contributed by atoms with Crippen molar-refractivity contribution in [1.82, 2.24) is 9.88 Å². The number of pyridine rings is 1. The molecule has 0 spiro atoms. The lowest BCUT2D eigenvalue weighted by Gasteiger charge is -2.18. The number of benzene rings is 2. The summed E-state index contributed by atoms with van der Waals surface area (Å²) in [6.07, 6.45) is 4.94. The van der Waals surface area contributed by atoms with Crippen LogP contribution in [0.3, 0.4) is 0 Å². The first-order valence-electron chi connectivity index (χ1n) is 8.34. The molecule has 0 saturated carbocycles. The van der Waals surface area contributed by atoms with Crippen LogP contribution in [0, 0.1) is 0 Å². The van der Waals surface area contributed by atoms with Gasteiger partial charge < -0.3 is 5.32 Å². The molecule has 1 fully saturated rings. The molecule has 3 nitrogen and oxygen atoms in total. The maximum atomic E-state index is 5.96. The van der Waals surface area contributed by atoms with Gasteiger partial charge in [0.25, 0.3) is 0 Å². The van der Waals surface area contributed by atoms with Crippen LogP contribution in [0.2, 0.25) is 5.02 Å². The van der Waals surface area contributed by atoms with Crippen molar-refractivity contribution in [3.63, 3.8) is 0 Å². The van der Waals surface area contributed by atoms with Crippen LogP contribution in [-0.4, -0.2) is 29.0 Å². The average molecular weight is 338 g/mol. The van der Waals surface area contributed by atoms with Crippen LogP contribution in [0.5, 0.6) is 0 Å².